The average molecular weight is 225 g/mol. The van der Waals surface area contributed by atoms with Gasteiger partial charge in [0.05, 0.1) is 6.10 Å². The predicted molar refractivity (Wildman–Crippen MR) is 69.7 cm³/mol. The van der Waals surface area contributed by atoms with Crippen LogP contribution in [0, 0.1) is 0 Å². The Morgan fingerprint density at radius 2 is 2.19 bits per heavy atom. The number of rotatable bonds is 6. The third-order valence-electron chi connectivity index (χ3n) is 3.22. The maximum Gasteiger partial charge on any atom is 0.0726 e. The molecule has 0 aromatic heterocycles. The highest BCUT2D eigenvalue weighted by atomic mass is 16.5. The van der Waals surface area contributed by atoms with Crippen molar-refractivity contribution in [3.8, 4) is 0 Å². The van der Waals surface area contributed by atoms with Gasteiger partial charge in [-0.15, -0.1) is 0 Å². The van der Waals surface area contributed by atoms with E-state index in [2.05, 4.69) is 39.1 Å². The van der Waals surface area contributed by atoms with Crippen LogP contribution in [0.25, 0.3) is 0 Å². The van der Waals surface area contributed by atoms with Crippen LogP contribution in [0.4, 0.5) is 0 Å². The van der Waals surface area contributed by atoms with Gasteiger partial charge in [-0.05, 0) is 53.4 Å². The second-order valence-corrected chi connectivity index (χ2v) is 5.27. The maximum atomic E-state index is 5.68. The van der Waals surface area contributed by atoms with E-state index in [-0.39, 0.29) is 0 Å². The number of allylic oxidation sites excluding steroid dienone is 2. The average Bonchev–Trinajstić information content (AvgIpc) is 2.69. The fourth-order valence-electron chi connectivity index (χ4n) is 2.26. The van der Waals surface area contributed by atoms with Crippen molar-refractivity contribution in [2.75, 3.05) is 6.61 Å². The van der Waals surface area contributed by atoms with E-state index < -0.39 is 0 Å². The molecule has 94 valence electrons. The van der Waals surface area contributed by atoms with Crippen molar-refractivity contribution in [3.63, 3.8) is 0 Å². The summed E-state index contributed by atoms with van der Waals surface area (Å²) >= 11 is 0. The molecule has 0 radical (unpaired) electrons. The molecule has 3 unspecified atom stereocenters. The van der Waals surface area contributed by atoms with E-state index in [0.717, 1.165) is 6.61 Å². The van der Waals surface area contributed by atoms with Gasteiger partial charge in [0.15, 0.2) is 0 Å². The SMILES string of the molecule is CC(C)=CCCC(C)NC(C)C1CCCO1. The van der Waals surface area contributed by atoms with Crippen LogP contribution in [0.5, 0.6) is 0 Å². The van der Waals surface area contributed by atoms with E-state index in [1.165, 1.54) is 31.3 Å². The van der Waals surface area contributed by atoms with Gasteiger partial charge in [0.1, 0.15) is 0 Å². The van der Waals surface area contributed by atoms with Crippen LogP contribution in [0.15, 0.2) is 11.6 Å². The molecular formula is C14H27NO. The molecule has 2 nitrogen and oxygen atoms in total. The Morgan fingerprint density at radius 3 is 2.75 bits per heavy atom. The summed E-state index contributed by atoms with van der Waals surface area (Å²) in [5.74, 6) is 0. The lowest BCUT2D eigenvalue weighted by molar-refractivity contribution is 0.0801. The Kier molecular flexibility index (Phi) is 6.07. The van der Waals surface area contributed by atoms with Crippen LogP contribution in [0.2, 0.25) is 0 Å². The van der Waals surface area contributed by atoms with E-state index in [4.69, 9.17) is 4.74 Å². The van der Waals surface area contributed by atoms with Gasteiger partial charge in [-0.2, -0.15) is 0 Å². The maximum absolute atomic E-state index is 5.68. The van der Waals surface area contributed by atoms with Gasteiger partial charge in [0, 0.05) is 18.7 Å². The number of nitrogens with one attached hydrogen (secondary N) is 1. The lowest BCUT2D eigenvalue weighted by Gasteiger charge is -2.24. The Hall–Kier alpha value is -0.340. The van der Waals surface area contributed by atoms with Crippen LogP contribution in [-0.2, 0) is 4.74 Å². The molecule has 0 bridgehead atoms. The lowest BCUT2D eigenvalue weighted by Crippen LogP contribution is -2.42. The van der Waals surface area contributed by atoms with E-state index in [0.29, 0.717) is 18.2 Å². The van der Waals surface area contributed by atoms with Gasteiger partial charge in [-0.3, -0.25) is 0 Å². The van der Waals surface area contributed by atoms with E-state index in [1.807, 2.05) is 0 Å². The van der Waals surface area contributed by atoms with Gasteiger partial charge in [0.2, 0.25) is 0 Å². The number of hydrogen-bond donors (Lipinski definition) is 1. The summed E-state index contributed by atoms with van der Waals surface area (Å²) in [5, 5.41) is 3.64. The Morgan fingerprint density at radius 1 is 1.44 bits per heavy atom. The standard InChI is InChI=1S/C14H27NO/c1-11(2)7-5-8-12(3)15-13(4)14-9-6-10-16-14/h7,12-15H,5-6,8-10H2,1-4H3. The molecule has 3 atom stereocenters. The molecule has 1 heterocycles. The number of ether oxygens (including phenoxy) is 1. The molecular weight excluding hydrogens is 198 g/mol. The molecule has 1 fully saturated rings. The molecule has 0 spiro atoms. The lowest BCUT2D eigenvalue weighted by atomic mass is 10.1. The van der Waals surface area contributed by atoms with Crippen molar-refractivity contribution >= 4 is 0 Å². The van der Waals surface area contributed by atoms with Crippen molar-refractivity contribution in [1.29, 1.82) is 0 Å². The molecule has 16 heavy (non-hydrogen) atoms. The van der Waals surface area contributed by atoms with Gasteiger partial charge < -0.3 is 10.1 Å². The molecule has 0 aliphatic carbocycles. The minimum Gasteiger partial charge on any atom is -0.377 e. The molecule has 0 aromatic rings. The number of hydrogen-bond acceptors (Lipinski definition) is 2. The summed E-state index contributed by atoms with van der Waals surface area (Å²) in [5.41, 5.74) is 1.42. The molecule has 0 saturated carbocycles. The van der Waals surface area contributed by atoms with Crippen LogP contribution < -0.4 is 5.32 Å². The Labute approximate surface area is 100 Å². The second kappa shape index (κ2) is 7.08. The minimum atomic E-state index is 0.436. The first-order valence-electron chi connectivity index (χ1n) is 6.60. The van der Waals surface area contributed by atoms with Gasteiger partial charge in [-0.1, -0.05) is 11.6 Å². The molecule has 1 aliphatic heterocycles. The van der Waals surface area contributed by atoms with E-state index >= 15 is 0 Å². The summed E-state index contributed by atoms with van der Waals surface area (Å²) < 4.78 is 5.68. The van der Waals surface area contributed by atoms with Crippen molar-refractivity contribution in [2.45, 2.75) is 71.6 Å². The van der Waals surface area contributed by atoms with Gasteiger partial charge in [0.25, 0.3) is 0 Å². The molecule has 2 heteroatoms. The fraction of sp³-hybridized carbons (Fsp3) is 0.857. The zero-order valence-electron chi connectivity index (χ0n) is 11.3. The topological polar surface area (TPSA) is 21.3 Å². The van der Waals surface area contributed by atoms with Gasteiger partial charge >= 0.3 is 0 Å². The van der Waals surface area contributed by atoms with E-state index in [1.54, 1.807) is 0 Å². The van der Waals surface area contributed by atoms with Crippen LogP contribution in [0.3, 0.4) is 0 Å². The van der Waals surface area contributed by atoms with Gasteiger partial charge in [-0.25, -0.2) is 0 Å². The summed E-state index contributed by atoms with van der Waals surface area (Å²) in [6.07, 6.45) is 7.58. The first kappa shape index (κ1) is 13.7. The summed E-state index contributed by atoms with van der Waals surface area (Å²) in [6, 6.07) is 1.07. The highest BCUT2D eigenvalue weighted by Gasteiger charge is 2.22. The Bertz CT molecular complexity index is 215. The first-order chi connectivity index (χ1) is 7.59. The molecule has 1 N–H and O–H groups in total. The Balaban J connectivity index is 2.17. The zero-order chi connectivity index (χ0) is 12.0. The molecule has 1 saturated heterocycles. The highest BCUT2D eigenvalue weighted by Crippen LogP contribution is 2.16. The monoisotopic (exact) mass is 225 g/mol. The smallest absolute Gasteiger partial charge is 0.0726 e. The van der Waals surface area contributed by atoms with Crippen LogP contribution >= 0.6 is 0 Å². The highest BCUT2D eigenvalue weighted by molar-refractivity contribution is 4.93. The molecule has 0 amide bonds. The van der Waals surface area contributed by atoms with Crippen molar-refractivity contribution < 1.29 is 4.74 Å². The zero-order valence-corrected chi connectivity index (χ0v) is 11.3. The quantitative estimate of drug-likeness (QED) is 0.700. The second-order valence-electron chi connectivity index (χ2n) is 5.27. The van der Waals surface area contributed by atoms with Crippen molar-refractivity contribution in [1.82, 2.24) is 5.32 Å². The first-order valence-corrected chi connectivity index (χ1v) is 6.60. The van der Waals surface area contributed by atoms with E-state index in [9.17, 15) is 0 Å². The minimum absolute atomic E-state index is 0.436. The summed E-state index contributed by atoms with van der Waals surface area (Å²) in [4.78, 5) is 0. The van der Waals surface area contributed by atoms with Crippen LogP contribution in [0.1, 0.15) is 53.4 Å². The summed E-state index contributed by atoms with van der Waals surface area (Å²) in [6.45, 7) is 9.78. The molecule has 1 rings (SSSR count). The summed E-state index contributed by atoms with van der Waals surface area (Å²) in [7, 11) is 0. The third-order valence-corrected chi connectivity index (χ3v) is 3.22. The molecule has 0 aromatic carbocycles. The fourth-order valence-corrected chi connectivity index (χ4v) is 2.26. The largest absolute Gasteiger partial charge is 0.377 e. The van der Waals surface area contributed by atoms with Crippen LogP contribution in [-0.4, -0.2) is 24.8 Å². The molecule has 1 aliphatic rings. The normalized spacial score (nSPS) is 24.1. The van der Waals surface area contributed by atoms with Crippen molar-refractivity contribution in [2.24, 2.45) is 0 Å². The predicted octanol–water partition coefficient (Wildman–Crippen LogP) is 3.28. The van der Waals surface area contributed by atoms with Crippen molar-refractivity contribution in [3.05, 3.63) is 11.6 Å². The third kappa shape index (κ3) is 5.13.